The first-order valence-electron chi connectivity index (χ1n) is 10.9. The lowest BCUT2D eigenvalue weighted by Crippen LogP contribution is -2.29. The van der Waals surface area contributed by atoms with Crippen molar-refractivity contribution in [2.45, 2.75) is 25.3 Å². The number of furan rings is 1. The number of ether oxygens (including phenoxy) is 2. The van der Waals surface area contributed by atoms with E-state index in [1.54, 1.807) is 19.6 Å². The third-order valence-electron chi connectivity index (χ3n) is 5.97. The quantitative estimate of drug-likeness (QED) is 0.457. The Bertz CT molecular complexity index is 1210. The van der Waals surface area contributed by atoms with Crippen LogP contribution in [-0.4, -0.2) is 41.6 Å². The van der Waals surface area contributed by atoms with E-state index in [0.717, 1.165) is 53.8 Å². The second-order valence-electron chi connectivity index (χ2n) is 8.00. The van der Waals surface area contributed by atoms with Crippen LogP contribution in [0.3, 0.4) is 0 Å². The van der Waals surface area contributed by atoms with Gasteiger partial charge in [-0.3, -0.25) is 4.68 Å². The molecule has 8 heteroatoms. The fourth-order valence-electron chi connectivity index (χ4n) is 4.19. The van der Waals surface area contributed by atoms with Crippen molar-refractivity contribution in [3.05, 3.63) is 54.7 Å². The molecule has 0 aliphatic carbocycles. The first-order chi connectivity index (χ1) is 15.7. The number of methoxy groups -OCH3 is 1. The molecular weight excluding hydrogens is 406 g/mol. The van der Waals surface area contributed by atoms with Gasteiger partial charge in [-0.25, -0.2) is 4.98 Å². The highest BCUT2D eigenvalue weighted by atomic mass is 16.5. The van der Waals surface area contributed by atoms with Gasteiger partial charge in [0.05, 0.1) is 31.3 Å². The number of nitrogen functional groups attached to an aromatic ring is 1. The summed E-state index contributed by atoms with van der Waals surface area (Å²) in [7, 11) is 1.66. The van der Waals surface area contributed by atoms with Crippen LogP contribution in [0.2, 0.25) is 0 Å². The molecule has 166 valence electrons. The summed E-state index contributed by atoms with van der Waals surface area (Å²) in [5, 5.41) is 8.85. The molecule has 0 unspecified atom stereocenters. The molecule has 8 nitrogen and oxygen atoms in total. The van der Waals surface area contributed by atoms with Gasteiger partial charge >= 0.3 is 0 Å². The molecule has 5 rings (SSSR count). The van der Waals surface area contributed by atoms with Crippen molar-refractivity contribution >= 4 is 16.8 Å². The maximum Gasteiger partial charge on any atom is 0.205 e. The molecule has 0 saturated carbocycles. The lowest BCUT2D eigenvalue weighted by molar-refractivity contribution is 0.321. The smallest absolute Gasteiger partial charge is 0.205 e. The lowest BCUT2D eigenvalue weighted by atomic mass is 10.1. The van der Waals surface area contributed by atoms with Crippen molar-refractivity contribution in [3.8, 4) is 22.6 Å². The van der Waals surface area contributed by atoms with Gasteiger partial charge in [-0.1, -0.05) is 12.1 Å². The van der Waals surface area contributed by atoms with E-state index in [1.807, 2.05) is 30.5 Å². The Labute approximate surface area is 186 Å². The fraction of sp³-hybridized carbons (Fsp3) is 0.333. The Morgan fingerprint density at radius 1 is 1.25 bits per heavy atom. The normalized spacial score (nSPS) is 14.7. The average molecular weight is 434 g/mol. The molecule has 32 heavy (non-hydrogen) atoms. The average Bonchev–Trinajstić information content (AvgIpc) is 3.48. The van der Waals surface area contributed by atoms with Gasteiger partial charge in [-0.2, -0.15) is 5.10 Å². The van der Waals surface area contributed by atoms with Gasteiger partial charge in [0.2, 0.25) is 5.75 Å². The van der Waals surface area contributed by atoms with Crippen molar-refractivity contribution in [2.24, 2.45) is 0 Å². The minimum absolute atomic E-state index is 0.314. The van der Waals surface area contributed by atoms with Crippen LogP contribution in [-0.2, 0) is 6.42 Å². The number of rotatable bonds is 7. The van der Waals surface area contributed by atoms with Crippen LogP contribution >= 0.6 is 0 Å². The van der Waals surface area contributed by atoms with E-state index in [0.29, 0.717) is 36.2 Å². The second-order valence-corrected chi connectivity index (χ2v) is 8.00. The zero-order valence-corrected chi connectivity index (χ0v) is 18.1. The van der Waals surface area contributed by atoms with Crippen LogP contribution in [0.5, 0.6) is 11.5 Å². The van der Waals surface area contributed by atoms with E-state index in [4.69, 9.17) is 19.6 Å². The molecule has 4 aromatic rings. The Morgan fingerprint density at radius 3 is 2.97 bits per heavy atom. The Balaban J connectivity index is 1.36. The number of hydrogen-bond acceptors (Lipinski definition) is 7. The summed E-state index contributed by atoms with van der Waals surface area (Å²) in [5.74, 6) is 1.61. The summed E-state index contributed by atoms with van der Waals surface area (Å²) in [4.78, 5) is 4.35. The van der Waals surface area contributed by atoms with Gasteiger partial charge in [-0.15, -0.1) is 0 Å². The molecule has 1 saturated heterocycles. The summed E-state index contributed by atoms with van der Waals surface area (Å²) >= 11 is 0. The largest absolute Gasteiger partial charge is 0.497 e. The van der Waals surface area contributed by atoms with Crippen LogP contribution in [0.15, 0.2) is 53.5 Å². The summed E-state index contributed by atoms with van der Waals surface area (Å²) < 4.78 is 19.3. The van der Waals surface area contributed by atoms with Crippen molar-refractivity contribution in [3.63, 3.8) is 0 Å². The fourth-order valence-corrected chi connectivity index (χ4v) is 4.19. The zero-order chi connectivity index (χ0) is 21.9. The van der Waals surface area contributed by atoms with Gasteiger partial charge in [0.15, 0.2) is 11.4 Å². The number of nitrogens with two attached hydrogens (primary N) is 1. The lowest BCUT2D eigenvalue weighted by Gasteiger charge is -2.22. The Kier molecular flexibility index (Phi) is 5.68. The van der Waals surface area contributed by atoms with Crippen molar-refractivity contribution in [2.75, 3.05) is 32.5 Å². The monoisotopic (exact) mass is 433 g/mol. The van der Waals surface area contributed by atoms with Crippen LogP contribution in [0.25, 0.3) is 22.1 Å². The number of piperidine rings is 1. The highest BCUT2D eigenvalue weighted by molar-refractivity contribution is 5.97. The standard InChI is InChI=1S/C24H27N5O3/c1-30-19-4-2-3-16(11-19)7-10-31-23-22-20(13-27-24(23)25)21(15-32-22)17-12-28-29(14-17)18-5-8-26-9-6-18/h2-4,11-15,18,26H,5-10H2,1H3,(H2,25,27). The van der Waals surface area contributed by atoms with Crippen molar-refractivity contribution < 1.29 is 13.9 Å². The molecule has 0 amide bonds. The molecule has 0 atom stereocenters. The highest BCUT2D eigenvalue weighted by Gasteiger charge is 2.20. The van der Waals surface area contributed by atoms with E-state index in [1.165, 1.54) is 0 Å². The van der Waals surface area contributed by atoms with E-state index in [-0.39, 0.29) is 0 Å². The van der Waals surface area contributed by atoms with Gasteiger partial charge in [-0.05, 0) is 43.6 Å². The summed E-state index contributed by atoms with van der Waals surface area (Å²) in [6, 6.07) is 8.35. The molecular formula is C24H27N5O3. The van der Waals surface area contributed by atoms with E-state index in [9.17, 15) is 0 Å². The van der Waals surface area contributed by atoms with Crippen molar-refractivity contribution in [1.82, 2.24) is 20.1 Å². The third-order valence-corrected chi connectivity index (χ3v) is 5.97. The van der Waals surface area contributed by atoms with Crippen LogP contribution in [0.4, 0.5) is 5.82 Å². The SMILES string of the molecule is COc1cccc(CCOc2c(N)ncc3c(-c4cnn(C5CCNCC5)c4)coc23)c1. The maximum atomic E-state index is 6.12. The molecule has 1 aromatic carbocycles. The number of benzene rings is 1. The number of fused-ring (bicyclic) bond motifs is 1. The highest BCUT2D eigenvalue weighted by Crippen LogP contribution is 2.38. The van der Waals surface area contributed by atoms with Gasteiger partial charge in [0, 0.05) is 29.9 Å². The molecule has 0 bridgehead atoms. The molecule has 0 spiro atoms. The topological polar surface area (TPSA) is 100 Å². The summed E-state index contributed by atoms with van der Waals surface area (Å²) in [6.07, 6.45) is 10.3. The van der Waals surface area contributed by atoms with Gasteiger partial charge < -0.3 is 24.9 Å². The first kappa shape index (κ1) is 20.4. The zero-order valence-electron chi connectivity index (χ0n) is 18.1. The number of nitrogens with one attached hydrogen (secondary N) is 1. The van der Waals surface area contributed by atoms with Gasteiger partial charge in [0.25, 0.3) is 0 Å². The number of anilines is 1. The number of aromatic nitrogens is 3. The molecule has 3 aromatic heterocycles. The predicted molar refractivity (Wildman–Crippen MR) is 123 cm³/mol. The van der Waals surface area contributed by atoms with Crippen LogP contribution in [0.1, 0.15) is 24.4 Å². The molecule has 1 fully saturated rings. The van der Waals surface area contributed by atoms with Crippen molar-refractivity contribution in [1.29, 1.82) is 0 Å². The number of pyridine rings is 1. The van der Waals surface area contributed by atoms with Crippen LogP contribution < -0.4 is 20.5 Å². The molecule has 0 radical (unpaired) electrons. The predicted octanol–water partition coefficient (Wildman–Crippen LogP) is 3.83. The second kappa shape index (κ2) is 8.92. The number of nitrogens with zero attached hydrogens (tertiary/aromatic N) is 3. The maximum absolute atomic E-state index is 6.12. The third kappa shape index (κ3) is 4.01. The Morgan fingerprint density at radius 2 is 2.12 bits per heavy atom. The summed E-state index contributed by atoms with van der Waals surface area (Å²) in [6.45, 7) is 2.49. The number of hydrogen-bond donors (Lipinski definition) is 2. The molecule has 3 N–H and O–H groups in total. The molecule has 1 aliphatic rings. The minimum Gasteiger partial charge on any atom is -0.497 e. The van der Waals surface area contributed by atoms with Crippen LogP contribution in [0, 0.1) is 0 Å². The van der Waals surface area contributed by atoms with Gasteiger partial charge in [0.1, 0.15) is 12.0 Å². The van der Waals surface area contributed by atoms with E-state index in [2.05, 4.69) is 26.3 Å². The van der Waals surface area contributed by atoms with E-state index < -0.39 is 0 Å². The van der Waals surface area contributed by atoms with E-state index >= 15 is 0 Å². The molecule has 4 heterocycles. The summed E-state index contributed by atoms with van der Waals surface area (Å²) in [5.41, 5.74) is 9.78. The minimum atomic E-state index is 0.314. The molecule has 1 aliphatic heterocycles. The first-order valence-corrected chi connectivity index (χ1v) is 10.9. The Hall–Kier alpha value is -3.52.